The van der Waals surface area contributed by atoms with E-state index in [1.165, 1.54) is 0 Å². The van der Waals surface area contributed by atoms with Crippen LogP contribution in [0.1, 0.15) is 26.7 Å². The molecule has 0 saturated carbocycles. The van der Waals surface area contributed by atoms with Gasteiger partial charge in [0.2, 0.25) is 0 Å². The van der Waals surface area contributed by atoms with E-state index < -0.39 is 0 Å². The highest BCUT2D eigenvalue weighted by atomic mass is 16.1. The first kappa shape index (κ1) is 8.72. The summed E-state index contributed by atoms with van der Waals surface area (Å²) in [5, 5.41) is 0. The van der Waals surface area contributed by atoms with Crippen LogP contribution in [0.4, 0.5) is 0 Å². The molecular weight excluding hydrogens is 138 g/mol. The first-order chi connectivity index (χ1) is 5.27. The number of carbonyl (C=O) groups is 1. The summed E-state index contributed by atoms with van der Waals surface area (Å²) in [4.78, 5) is 13.6. The Morgan fingerprint density at radius 3 is 2.82 bits per heavy atom. The van der Waals surface area contributed by atoms with Gasteiger partial charge in [0.25, 0.3) is 0 Å². The molecule has 1 aliphatic heterocycles. The fraction of sp³-hybridized carbons (Fsp3) is 0.889. The Morgan fingerprint density at radius 2 is 2.27 bits per heavy atom. The van der Waals surface area contributed by atoms with Gasteiger partial charge in [0, 0.05) is 25.4 Å². The highest BCUT2D eigenvalue weighted by Crippen LogP contribution is 2.15. The van der Waals surface area contributed by atoms with Crippen molar-refractivity contribution in [1.82, 2.24) is 4.90 Å². The second-order valence-electron chi connectivity index (χ2n) is 3.21. The van der Waals surface area contributed by atoms with Crippen molar-refractivity contribution in [3.8, 4) is 0 Å². The van der Waals surface area contributed by atoms with Crippen LogP contribution in [-0.4, -0.2) is 30.3 Å². The Bertz CT molecular complexity index is 144. The van der Waals surface area contributed by atoms with E-state index in [0.29, 0.717) is 11.7 Å². The Balaban J connectivity index is 2.44. The Hall–Kier alpha value is -0.370. The van der Waals surface area contributed by atoms with Crippen LogP contribution in [0.3, 0.4) is 0 Å². The number of rotatable bonds is 2. The van der Waals surface area contributed by atoms with Gasteiger partial charge in [-0.2, -0.15) is 0 Å². The van der Waals surface area contributed by atoms with Crippen molar-refractivity contribution in [2.75, 3.05) is 19.6 Å². The minimum atomic E-state index is 0.323. The number of nitrogens with zero attached hydrogens (tertiary/aromatic N) is 1. The molecule has 1 aliphatic rings. The zero-order valence-electron chi connectivity index (χ0n) is 7.47. The Labute approximate surface area is 68.6 Å². The molecule has 0 radical (unpaired) electrons. The predicted octanol–water partition coefficient (Wildman–Crippen LogP) is 1.31. The number of likely N-dealkylation sites (tertiary alicyclic amines) is 1. The molecule has 0 bridgehead atoms. The average Bonchev–Trinajstić information content (AvgIpc) is 2.05. The van der Waals surface area contributed by atoms with E-state index in [1.807, 2.05) is 0 Å². The number of hydrogen-bond acceptors (Lipinski definition) is 2. The highest BCUT2D eigenvalue weighted by molar-refractivity contribution is 5.82. The molecule has 0 aromatic rings. The van der Waals surface area contributed by atoms with Crippen molar-refractivity contribution in [2.45, 2.75) is 26.7 Å². The molecule has 0 aromatic carbocycles. The molecule has 1 saturated heterocycles. The lowest BCUT2D eigenvalue weighted by Gasteiger charge is -2.29. The van der Waals surface area contributed by atoms with Crippen LogP contribution >= 0.6 is 0 Å². The molecule has 0 amide bonds. The summed E-state index contributed by atoms with van der Waals surface area (Å²) in [5.41, 5.74) is 0. The summed E-state index contributed by atoms with van der Waals surface area (Å²) in [6.45, 7) is 7.31. The molecule has 2 heteroatoms. The fourth-order valence-corrected chi connectivity index (χ4v) is 1.62. The Kier molecular flexibility index (Phi) is 3.06. The van der Waals surface area contributed by atoms with Crippen LogP contribution in [0.5, 0.6) is 0 Å². The number of carbonyl (C=O) groups excluding carboxylic acids is 1. The summed E-state index contributed by atoms with van der Waals surface area (Å²) in [6.07, 6.45) is 1.78. The normalized spacial score (nSPS) is 27.5. The van der Waals surface area contributed by atoms with Crippen LogP contribution in [0.2, 0.25) is 0 Å². The van der Waals surface area contributed by atoms with E-state index in [9.17, 15) is 4.79 Å². The van der Waals surface area contributed by atoms with E-state index in [0.717, 1.165) is 32.5 Å². The van der Waals surface area contributed by atoms with Crippen LogP contribution in [-0.2, 0) is 4.79 Å². The minimum absolute atomic E-state index is 0.323. The van der Waals surface area contributed by atoms with E-state index >= 15 is 0 Å². The first-order valence-corrected chi connectivity index (χ1v) is 4.53. The zero-order chi connectivity index (χ0) is 8.27. The number of ketones is 1. The third-order valence-electron chi connectivity index (χ3n) is 2.55. The summed E-state index contributed by atoms with van der Waals surface area (Å²) < 4.78 is 0. The molecule has 11 heavy (non-hydrogen) atoms. The van der Waals surface area contributed by atoms with Gasteiger partial charge in [-0.15, -0.1) is 0 Å². The van der Waals surface area contributed by atoms with Crippen LogP contribution < -0.4 is 0 Å². The molecule has 1 rings (SSSR count). The average molecular weight is 155 g/mol. The summed E-state index contributed by atoms with van der Waals surface area (Å²) in [5.74, 6) is 0.792. The van der Waals surface area contributed by atoms with Gasteiger partial charge < -0.3 is 4.90 Å². The van der Waals surface area contributed by atoms with Crippen LogP contribution in [0, 0.1) is 5.92 Å². The molecule has 0 spiro atoms. The van der Waals surface area contributed by atoms with Crippen LogP contribution in [0.15, 0.2) is 0 Å². The largest absolute Gasteiger partial charge is 0.302 e. The molecule has 1 unspecified atom stereocenters. The standard InChI is InChI=1S/C9H17NO/c1-3-8-7-10(4-2)6-5-9(8)11/h8H,3-7H2,1-2H3. The number of piperidine rings is 1. The van der Waals surface area contributed by atoms with Gasteiger partial charge in [-0.1, -0.05) is 13.8 Å². The lowest BCUT2D eigenvalue weighted by molar-refractivity contribution is -0.126. The SMILES string of the molecule is CCC1CN(CC)CCC1=O. The first-order valence-electron chi connectivity index (χ1n) is 4.53. The Morgan fingerprint density at radius 1 is 1.55 bits per heavy atom. The molecule has 1 heterocycles. The van der Waals surface area contributed by atoms with E-state index in [2.05, 4.69) is 18.7 Å². The van der Waals surface area contributed by atoms with Crippen LogP contribution in [0.25, 0.3) is 0 Å². The van der Waals surface area contributed by atoms with Gasteiger partial charge in [0.1, 0.15) is 5.78 Å². The maximum absolute atomic E-state index is 11.3. The second-order valence-corrected chi connectivity index (χ2v) is 3.21. The molecule has 1 fully saturated rings. The third-order valence-corrected chi connectivity index (χ3v) is 2.55. The maximum atomic E-state index is 11.3. The molecule has 1 atom stereocenters. The van der Waals surface area contributed by atoms with E-state index in [1.54, 1.807) is 0 Å². The summed E-state index contributed by atoms with van der Waals surface area (Å²) in [7, 11) is 0. The smallest absolute Gasteiger partial charge is 0.138 e. The van der Waals surface area contributed by atoms with Gasteiger partial charge >= 0.3 is 0 Å². The lowest BCUT2D eigenvalue weighted by atomic mass is 9.94. The quantitative estimate of drug-likeness (QED) is 0.599. The number of hydrogen-bond donors (Lipinski definition) is 0. The zero-order valence-corrected chi connectivity index (χ0v) is 7.47. The molecule has 2 nitrogen and oxygen atoms in total. The van der Waals surface area contributed by atoms with Gasteiger partial charge in [-0.25, -0.2) is 0 Å². The monoisotopic (exact) mass is 155 g/mol. The highest BCUT2D eigenvalue weighted by Gasteiger charge is 2.24. The predicted molar refractivity (Wildman–Crippen MR) is 45.5 cm³/mol. The van der Waals surface area contributed by atoms with E-state index in [-0.39, 0.29) is 0 Å². The lowest BCUT2D eigenvalue weighted by Crippen LogP contribution is -2.40. The second kappa shape index (κ2) is 3.86. The maximum Gasteiger partial charge on any atom is 0.138 e. The van der Waals surface area contributed by atoms with Gasteiger partial charge in [-0.05, 0) is 13.0 Å². The number of Topliss-reactive ketones (excluding diaryl/α,β-unsaturated/α-hetero) is 1. The van der Waals surface area contributed by atoms with Crippen molar-refractivity contribution in [3.63, 3.8) is 0 Å². The van der Waals surface area contributed by atoms with Gasteiger partial charge in [-0.3, -0.25) is 4.79 Å². The minimum Gasteiger partial charge on any atom is -0.302 e. The van der Waals surface area contributed by atoms with Crippen molar-refractivity contribution in [1.29, 1.82) is 0 Å². The topological polar surface area (TPSA) is 20.3 Å². The summed E-state index contributed by atoms with van der Waals surface area (Å²) >= 11 is 0. The van der Waals surface area contributed by atoms with Crippen molar-refractivity contribution < 1.29 is 4.79 Å². The van der Waals surface area contributed by atoms with Gasteiger partial charge in [0.15, 0.2) is 0 Å². The molecule has 64 valence electrons. The van der Waals surface area contributed by atoms with Crippen molar-refractivity contribution in [3.05, 3.63) is 0 Å². The molecular formula is C9H17NO. The molecule has 0 aliphatic carbocycles. The van der Waals surface area contributed by atoms with Gasteiger partial charge in [0.05, 0.1) is 0 Å². The molecule has 0 N–H and O–H groups in total. The third kappa shape index (κ3) is 2.03. The van der Waals surface area contributed by atoms with Crippen molar-refractivity contribution >= 4 is 5.78 Å². The summed E-state index contributed by atoms with van der Waals surface area (Å²) in [6, 6.07) is 0. The fourth-order valence-electron chi connectivity index (χ4n) is 1.62. The van der Waals surface area contributed by atoms with E-state index in [4.69, 9.17) is 0 Å². The van der Waals surface area contributed by atoms with Crippen molar-refractivity contribution in [2.24, 2.45) is 5.92 Å². The molecule has 0 aromatic heterocycles.